The van der Waals surface area contributed by atoms with E-state index < -0.39 is 0 Å². The van der Waals surface area contributed by atoms with Crippen LogP contribution in [0.25, 0.3) is 0 Å². The Morgan fingerprint density at radius 1 is 1.00 bits per heavy atom. The number of hydrogen-bond donors (Lipinski definition) is 1. The molecular formula is C9H17NO. The number of ether oxygens (including phenoxy) is 1. The topological polar surface area (TPSA) is 35.2 Å². The summed E-state index contributed by atoms with van der Waals surface area (Å²) in [6, 6.07) is 0.417. The fourth-order valence-corrected chi connectivity index (χ4v) is 1.88. The molecular weight excluding hydrogens is 138 g/mol. The lowest BCUT2D eigenvalue weighted by molar-refractivity contribution is -0.0479. The molecule has 64 valence electrons. The van der Waals surface area contributed by atoms with E-state index in [0.717, 1.165) is 12.8 Å². The van der Waals surface area contributed by atoms with Crippen molar-refractivity contribution in [2.45, 2.75) is 56.8 Å². The summed E-state index contributed by atoms with van der Waals surface area (Å²) in [7, 11) is 0. The molecule has 2 nitrogen and oxygen atoms in total. The van der Waals surface area contributed by atoms with Gasteiger partial charge in [-0.1, -0.05) is 0 Å². The van der Waals surface area contributed by atoms with Gasteiger partial charge in [-0.3, -0.25) is 0 Å². The standard InChI is InChI=1S/C9H17NO/c10-7-4-5-9(6-7)11-8-2-1-3-8/h7-9H,1-6,10H2. The van der Waals surface area contributed by atoms with Crippen molar-refractivity contribution in [3.8, 4) is 0 Å². The average Bonchev–Trinajstić information content (AvgIpc) is 2.27. The SMILES string of the molecule is NC1CCC(OC2CCC2)C1. The Kier molecular flexibility index (Phi) is 2.14. The second-order valence-corrected chi connectivity index (χ2v) is 3.88. The molecule has 2 aliphatic carbocycles. The Morgan fingerprint density at radius 3 is 2.27 bits per heavy atom. The molecule has 11 heavy (non-hydrogen) atoms. The smallest absolute Gasteiger partial charge is 0.0594 e. The molecule has 0 saturated heterocycles. The van der Waals surface area contributed by atoms with Crippen LogP contribution in [0.2, 0.25) is 0 Å². The summed E-state index contributed by atoms with van der Waals surface area (Å²) in [5, 5.41) is 0. The molecule has 2 aliphatic rings. The van der Waals surface area contributed by atoms with Crippen LogP contribution in [-0.4, -0.2) is 18.2 Å². The van der Waals surface area contributed by atoms with E-state index in [1.165, 1.54) is 25.7 Å². The van der Waals surface area contributed by atoms with Gasteiger partial charge in [-0.15, -0.1) is 0 Å². The van der Waals surface area contributed by atoms with Crippen molar-refractivity contribution in [2.75, 3.05) is 0 Å². The van der Waals surface area contributed by atoms with Crippen LogP contribution in [0, 0.1) is 0 Å². The predicted octanol–water partition coefficient (Wildman–Crippen LogP) is 1.44. The largest absolute Gasteiger partial charge is 0.375 e. The quantitative estimate of drug-likeness (QED) is 0.654. The Bertz CT molecular complexity index is 134. The van der Waals surface area contributed by atoms with Crippen LogP contribution in [0.5, 0.6) is 0 Å². The first-order valence-electron chi connectivity index (χ1n) is 4.75. The van der Waals surface area contributed by atoms with Crippen molar-refractivity contribution in [1.29, 1.82) is 0 Å². The van der Waals surface area contributed by atoms with Gasteiger partial charge in [-0.25, -0.2) is 0 Å². The van der Waals surface area contributed by atoms with Gasteiger partial charge >= 0.3 is 0 Å². The van der Waals surface area contributed by atoms with E-state index >= 15 is 0 Å². The Balaban J connectivity index is 1.70. The third-order valence-electron chi connectivity index (χ3n) is 2.86. The molecule has 2 unspecified atom stereocenters. The second kappa shape index (κ2) is 3.11. The highest BCUT2D eigenvalue weighted by atomic mass is 16.5. The van der Waals surface area contributed by atoms with Crippen molar-refractivity contribution in [1.82, 2.24) is 0 Å². The lowest BCUT2D eigenvalue weighted by Gasteiger charge is -2.28. The number of nitrogens with two attached hydrogens (primary N) is 1. The number of hydrogen-bond acceptors (Lipinski definition) is 2. The first-order valence-corrected chi connectivity index (χ1v) is 4.75. The van der Waals surface area contributed by atoms with Crippen molar-refractivity contribution in [2.24, 2.45) is 5.73 Å². The van der Waals surface area contributed by atoms with Gasteiger partial charge < -0.3 is 10.5 Å². The molecule has 0 aromatic carbocycles. The van der Waals surface area contributed by atoms with Gasteiger partial charge in [0.15, 0.2) is 0 Å². The normalized spacial score (nSPS) is 39.0. The van der Waals surface area contributed by atoms with Crippen LogP contribution in [0.1, 0.15) is 38.5 Å². The van der Waals surface area contributed by atoms with E-state index in [2.05, 4.69) is 0 Å². The van der Waals surface area contributed by atoms with Crippen LogP contribution in [0.4, 0.5) is 0 Å². The zero-order chi connectivity index (χ0) is 7.68. The Hall–Kier alpha value is -0.0800. The molecule has 0 aromatic heterocycles. The van der Waals surface area contributed by atoms with Crippen molar-refractivity contribution in [3.05, 3.63) is 0 Å². The van der Waals surface area contributed by atoms with E-state index in [1.54, 1.807) is 0 Å². The maximum atomic E-state index is 5.84. The molecule has 2 N–H and O–H groups in total. The van der Waals surface area contributed by atoms with E-state index in [-0.39, 0.29) is 0 Å². The summed E-state index contributed by atoms with van der Waals surface area (Å²) in [6.07, 6.45) is 8.47. The van der Waals surface area contributed by atoms with Gasteiger partial charge in [0, 0.05) is 6.04 Å². The van der Waals surface area contributed by atoms with Gasteiger partial charge in [0.25, 0.3) is 0 Å². The zero-order valence-electron chi connectivity index (χ0n) is 6.96. The van der Waals surface area contributed by atoms with Crippen LogP contribution in [-0.2, 0) is 4.74 Å². The number of rotatable bonds is 2. The van der Waals surface area contributed by atoms with Gasteiger partial charge in [-0.2, -0.15) is 0 Å². The molecule has 0 aromatic rings. The van der Waals surface area contributed by atoms with Crippen molar-refractivity contribution < 1.29 is 4.74 Å². The molecule has 0 amide bonds. The summed E-state index contributed by atoms with van der Waals surface area (Å²) in [5.41, 5.74) is 5.78. The third kappa shape index (κ3) is 1.74. The average molecular weight is 155 g/mol. The highest BCUT2D eigenvalue weighted by molar-refractivity contribution is 4.81. The highest BCUT2D eigenvalue weighted by Crippen LogP contribution is 2.28. The highest BCUT2D eigenvalue weighted by Gasteiger charge is 2.27. The minimum atomic E-state index is 0.417. The first kappa shape index (κ1) is 7.56. The van der Waals surface area contributed by atoms with E-state index in [0.29, 0.717) is 18.2 Å². The summed E-state index contributed by atoms with van der Waals surface area (Å²) in [6.45, 7) is 0. The maximum absolute atomic E-state index is 5.84. The molecule has 0 aliphatic heterocycles. The van der Waals surface area contributed by atoms with E-state index in [4.69, 9.17) is 10.5 Å². The van der Waals surface area contributed by atoms with Crippen LogP contribution in [0.15, 0.2) is 0 Å². The Morgan fingerprint density at radius 2 is 1.82 bits per heavy atom. The Labute approximate surface area is 68.1 Å². The second-order valence-electron chi connectivity index (χ2n) is 3.88. The van der Waals surface area contributed by atoms with Crippen LogP contribution >= 0.6 is 0 Å². The molecule has 2 fully saturated rings. The van der Waals surface area contributed by atoms with Gasteiger partial charge in [-0.05, 0) is 38.5 Å². The molecule has 0 bridgehead atoms. The molecule has 2 saturated carbocycles. The molecule has 2 rings (SSSR count). The fourth-order valence-electron chi connectivity index (χ4n) is 1.88. The van der Waals surface area contributed by atoms with Crippen molar-refractivity contribution in [3.63, 3.8) is 0 Å². The van der Waals surface area contributed by atoms with Gasteiger partial charge in [0.05, 0.1) is 12.2 Å². The lowest BCUT2D eigenvalue weighted by atomic mass is 9.96. The molecule has 0 radical (unpaired) electrons. The molecule has 0 spiro atoms. The predicted molar refractivity (Wildman–Crippen MR) is 44.3 cm³/mol. The summed E-state index contributed by atoms with van der Waals surface area (Å²) in [5.74, 6) is 0. The van der Waals surface area contributed by atoms with E-state index in [1.807, 2.05) is 0 Å². The molecule has 0 heterocycles. The molecule has 2 atom stereocenters. The van der Waals surface area contributed by atoms with Crippen LogP contribution < -0.4 is 5.73 Å². The minimum Gasteiger partial charge on any atom is -0.375 e. The monoisotopic (exact) mass is 155 g/mol. The van der Waals surface area contributed by atoms with E-state index in [9.17, 15) is 0 Å². The fraction of sp³-hybridized carbons (Fsp3) is 1.00. The summed E-state index contributed by atoms with van der Waals surface area (Å²) in [4.78, 5) is 0. The van der Waals surface area contributed by atoms with Crippen LogP contribution in [0.3, 0.4) is 0 Å². The third-order valence-corrected chi connectivity index (χ3v) is 2.86. The minimum absolute atomic E-state index is 0.417. The lowest BCUT2D eigenvalue weighted by Crippen LogP contribution is -2.27. The van der Waals surface area contributed by atoms with Crippen molar-refractivity contribution >= 4 is 0 Å². The summed E-state index contributed by atoms with van der Waals surface area (Å²) >= 11 is 0. The summed E-state index contributed by atoms with van der Waals surface area (Å²) < 4.78 is 5.84. The molecule has 2 heteroatoms. The zero-order valence-corrected chi connectivity index (χ0v) is 6.96. The maximum Gasteiger partial charge on any atom is 0.0594 e. The van der Waals surface area contributed by atoms with Gasteiger partial charge in [0.1, 0.15) is 0 Å². The first-order chi connectivity index (χ1) is 5.34. The van der Waals surface area contributed by atoms with Gasteiger partial charge in [0.2, 0.25) is 0 Å².